The van der Waals surface area contributed by atoms with Crippen LogP contribution in [-0.4, -0.2) is 51.2 Å². The van der Waals surface area contributed by atoms with Crippen molar-refractivity contribution in [1.82, 2.24) is 19.4 Å². The van der Waals surface area contributed by atoms with E-state index in [0.29, 0.717) is 35.1 Å². The molecule has 37 heavy (non-hydrogen) atoms. The topological polar surface area (TPSA) is 66.3 Å². The monoisotopic (exact) mass is 500 g/mol. The lowest BCUT2D eigenvalue weighted by atomic mass is 10.0. The maximum absolute atomic E-state index is 15.1. The number of nitrogens with zero attached hydrogens (tertiary/aromatic N) is 5. The molecule has 0 atom stereocenters. The highest BCUT2D eigenvalue weighted by Crippen LogP contribution is 2.27. The highest BCUT2D eigenvalue weighted by atomic mass is 19.1. The minimum atomic E-state index is -0.284. The van der Waals surface area contributed by atoms with Crippen molar-refractivity contribution in [2.45, 2.75) is 39.8 Å². The summed E-state index contributed by atoms with van der Waals surface area (Å²) in [5, 5.41) is 3.87. The fourth-order valence-electron chi connectivity index (χ4n) is 4.93. The Balaban J connectivity index is 1.38. The molecular formula is C29H33FN6O. The van der Waals surface area contributed by atoms with Crippen LogP contribution in [0.15, 0.2) is 65.6 Å². The Hall–Kier alpha value is -3.78. The molecule has 4 aromatic rings. The van der Waals surface area contributed by atoms with Crippen LogP contribution in [0.4, 0.5) is 21.7 Å². The van der Waals surface area contributed by atoms with E-state index < -0.39 is 0 Å². The molecule has 0 amide bonds. The Labute approximate surface area is 216 Å². The van der Waals surface area contributed by atoms with Gasteiger partial charge in [0, 0.05) is 61.1 Å². The van der Waals surface area contributed by atoms with Crippen molar-refractivity contribution in [3.8, 4) is 11.1 Å². The maximum Gasteiger partial charge on any atom is 0.260 e. The Morgan fingerprint density at radius 2 is 1.73 bits per heavy atom. The van der Waals surface area contributed by atoms with Gasteiger partial charge in [-0.25, -0.2) is 9.37 Å². The van der Waals surface area contributed by atoms with Crippen LogP contribution in [0.25, 0.3) is 22.2 Å². The summed E-state index contributed by atoms with van der Waals surface area (Å²) >= 11 is 0. The first kappa shape index (κ1) is 24.9. The average Bonchev–Trinajstić information content (AvgIpc) is 2.89. The summed E-state index contributed by atoms with van der Waals surface area (Å²) < 4.78 is 16.8. The quantitative estimate of drug-likeness (QED) is 0.402. The summed E-state index contributed by atoms with van der Waals surface area (Å²) in [6.07, 6.45) is 1.70. The fourth-order valence-corrected chi connectivity index (χ4v) is 4.93. The molecule has 0 aliphatic carbocycles. The van der Waals surface area contributed by atoms with Crippen LogP contribution in [0.5, 0.6) is 0 Å². The third kappa shape index (κ3) is 5.06. The van der Waals surface area contributed by atoms with Gasteiger partial charge in [0.05, 0.1) is 5.69 Å². The molecule has 2 aromatic carbocycles. The maximum atomic E-state index is 15.1. The molecule has 1 aliphatic rings. The standard InChI is InChI=1S/C29H33FN6O/c1-5-36-26-21(17-23(27(36)37)20-9-7-6-8-10-20)19-31-28(33-26)32-22-11-12-25(24(30)18-22)34-13-15-35(16-14-34)29(2,3)4/h6-12,17-19H,5,13-16H2,1-4H3,(H,31,32,33). The molecule has 0 spiro atoms. The third-order valence-electron chi connectivity index (χ3n) is 7.00. The number of anilines is 3. The second-order valence-electron chi connectivity index (χ2n) is 10.4. The largest absolute Gasteiger partial charge is 0.367 e. The number of piperazine rings is 1. The summed E-state index contributed by atoms with van der Waals surface area (Å²) in [7, 11) is 0. The SMILES string of the molecule is CCn1c(=O)c(-c2ccccc2)cc2cnc(Nc3ccc(N4CCN(C(C)(C)C)CC4)c(F)c3)nc21. The van der Waals surface area contributed by atoms with Crippen molar-refractivity contribution >= 4 is 28.4 Å². The molecule has 1 fully saturated rings. The van der Waals surface area contributed by atoms with Gasteiger partial charge in [-0.05, 0) is 57.5 Å². The Kier molecular flexibility index (Phi) is 6.69. The van der Waals surface area contributed by atoms with Crippen molar-refractivity contribution in [2.24, 2.45) is 0 Å². The molecule has 2 aromatic heterocycles. The first-order valence-corrected chi connectivity index (χ1v) is 12.8. The number of hydrogen-bond donors (Lipinski definition) is 1. The highest BCUT2D eigenvalue weighted by Gasteiger charge is 2.27. The highest BCUT2D eigenvalue weighted by molar-refractivity contribution is 5.82. The summed E-state index contributed by atoms with van der Waals surface area (Å²) in [6.45, 7) is 12.4. The van der Waals surface area contributed by atoms with Gasteiger partial charge in [-0.2, -0.15) is 4.98 Å². The van der Waals surface area contributed by atoms with Crippen LogP contribution >= 0.6 is 0 Å². The summed E-state index contributed by atoms with van der Waals surface area (Å²) in [6, 6.07) is 16.5. The zero-order chi connectivity index (χ0) is 26.2. The van der Waals surface area contributed by atoms with Crippen molar-refractivity contribution in [3.63, 3.8) is 0 Å². The normalized spacial score (nSPS) is 14.8. The summed E-state index contributed by atoms with van der Waals surface area (Å²) in [4.78, 5) is 26.8. The number of hydrogen-bond acceptors (Lipinski definition) is 6. The smallest absolute Gasteiger partial charge is 0.260 e. The Bertz CT molecular complexity index is 1470. The van der Waals surface area contributed by atoms with Crippen molar-refractivity contribution in [3.05, 3.63) is 77.0 Å². The predicted molar refractivity (Wildman–Crippen MR) is 148 cm³/mol. The van der Waals surface area contributed by atoms with E-state index in [1.807, 2.05) is 49.4 Å². The van der Waals surface area contributed by atoms with Crippen LogP contribution in [-0.2, 0) is 6.54 Å². The number of rotatable bonds is 5. The van der Waals surface area contributed by atoms with Gasteiger partial charge in [0.15, 0.2) is 0 Å². The number of fused-ring (bicyclic) bond motifs is 1. The van der Waals surface area contributed by atoms with E-state index >= 15 is 4.39 Å². The molecule has 0 saturated carbocycles. The van der Waals surface area contributed by atoms with Gasteiger partial charge in [0.25, 0.3) is 5.56 Å². The number of pyridine rings is 1. The number of nitrogens with one attached hydrogen (secondary N) is 1. The van der Waals surface area contributed by atoms with Crippen LogP contribution in [0, 0.1) is 5.82 Å². The molecule has 7 nitrogen and oxygen atoms in total. The molecule has 192 valence electrons. The van der Waals surface area contributed by atoms with Gasteiger partial charge in [-0.1, -0.05) is 30.3 Å². The van der Waals surface area contributed by atoms with Crippen molar-refractivity contribution in [2.75, 3.05) is 36.4 Å². The zero-order valence-corrected chi connectivity index (χ0v) is 21.8. The van der Waals surface area contributed by atoms with Gasteiger partial charge in [-0.3, -0.25) is 14.3 Å². The minimum Gasteiger partial charge on any atom is -0.367 e. The third-order valence-corrected chi connectivity index (χ3v) is 7.00. The molecule has 1 aliphatic heterocycles. The summed E-state index contributed by atoms with van der Waals surface area (Å²) in [5.41, 5.74) is 3.18. The average molecular weight is 501 g/mol. The zero-order valence-electron chi connectivity index (χ0n) is 21.8. The lowest BCUT2D eigenvalue weighted by Crippen LogP contribution is -2.53. The lowest BCUT2D eigenvalue weighted by molar-refractivity contribution is 0.128. The molecule has 1 N–H and O–H groups in total. The summed E-state index contributed by atoms with van der Waals surface area (Å²) in [5.74, 6) is 0.0282. The van der Waals surface area contributed by atoms with E-state index in [-0.39, 0.29) is 16.9 Å². The first-order chi connectivity index (χ1) is 17.7. The molecular weight excluding hydrogens is 467 g/mol. The van der Waals surface area contributed by atoms with E-state index in [1.54, 1.807) is 16.8 Å². The van der Waals surface area contributed by atoms with Gasteiger partial charge in [0.1, 0.15) is 11.5 Å². The van der Waals surface area contributed by atoms with Crippen LogP contribution < -0.4 is 15.8 Å². The number of benzene rings is 2. The second-order valence-corrected chi connectivity index (χ2v) is 10.4. The van der Waals surface area contributed by atoms with E-state index in [2.05, 4.69) is 45.9 Å². The number of halogens is 1. The minimum absolute atomic E-state index is 0.104. The molecule has 5 rings (SSSR count). The molecule has 3 heterocycles. The van der Waals surface area contributed by atoms with Gasteiger partial charge < -0.3 is 10.2 Å². The molecule has 0 bridgehead atoms. The van der Waals surface area contributed by atoms with Crippen molar-refractivity contribution in [1.29, 1.82) is 0 Å². The molecule has 0 unspecified atom stereocenters. The van der Waals surface area contributed by atoms with E-state index in [9.17, 15) is 4.79 Å². The second kappa shape index (κ2) is 9.94. The lowest BCUT2D eigenvalue weighted by Gasteiger charge is -2.43. The Morgan fingerprint density at radius 3 is 2.38 bits per heavy atom. The number of aryl methyl sites for hydroxylation is 1. The van der Waals surface area contributed by atoms with Crippen molar-refractivity contribution < 1.29 is 4.39 Å². The van der Waals surface area contributed by atoms with Gasteiger partial charge in [0.2, 0.25) is 5.95 Å². The van der Waals surface area contributed by atoms with E-state index in [0.717, 1.165) is 37.1 Å². The van der Waals surface area contributed by atoms with Crippen LogP contribution in [0.3, 0.4) is 0 Å². The molecule has 1 saturated heterocycles. The van der Waals surface area contributed by atoms with E-state index in [4.69, 9.17) is 0 Å². The molecule has 8 heteroatoms. The molecule has 0 radical (unpaired) electrons. The van der Waals surface area contributed by atoms with Gasteiger partial charge >= 0.3 is 0 Å². The fraction of sp³-hybridized carbons (Fsp3) is 0.345. The Morgan fingerprint density at radius 1 is 1.00 bits per heavy atom. The van der Waals surface area contributed by atoms with Crippen LogP contribution in [0.2, 0.25) is 0 Å². The van der Waals surface area contributed by atoms with Crippen LogP contribution in [0.1, 0.15) is 27.7 Å². The number of aromatic nitrogens is 3. The first-order valence-electron chi connectivity index (χ1n) is 12.8. The predicted octanol–water partition coefficient (Wildman–Crippen LogP) is 5.28. The van der Waals surface area contributed by atoms with E-state index in [1.165, 1.54) is 6.07 Å². The van der Waals surface area contributed by atoms with Gasteiger partial charge in [-0.15, -0.1) is 0 Å².